The second kappa shape index (κ2) is 4.42. The van der Waals surface area contributed by atoms with E-state index in [4.69, 9.17) is 11.6 Å². The zero-order chi connectivity index (χ0) is 10.8. The molecule has 1 fully saturated rings. The van der Waals surface area contributed by atoms with Gasteiger partial charge in [-0.3, -0.25) is 0 Å². The third-order valence-electron chi connectivity index (χ3n) is 3.09. The number of hydrogen-bond acceptors (Lipinski definition) is 1. The Labute approximate surface area is 96.2 Å². The van der Waals surface area contributed by atoms with Crippen LogP contribution in [0.1, 0.15) is 13.8 Å². The van der Waals surface area contributed by atoms with E-state index < -0.39 is 0 Å². The summed E-state index contributed by atoms with van der Waals surface area (Å²) in [4.78, 5) is 2.38. The smallest absolute Gasteiger partial charge is 0.0426 e. The van der Waals surface area contributed by atoms with E-state index in [9.17, 15) is 0 Å². The largest absolute Gasteiger partial charge is 0.657 e. The van der Waals surface area contributed by atoms with Crippen LogP contribution in [0.5, 0.6) is 0 Å². The zero-order valence-corrected chi connectivity index (χ0v) is 9.91. The lowest BCUT2D eigenvalue weighted by atomic mass is 10.1. The van der Waals surface area contributed by atoms with Gasteiger partial charge in [-0.1, -0.05) is 24.6 Å². The molecule has 0 amide bonds. The molecule has 1 aliphatic heterocycles. The van der Waals surface area contributed by atoms with Gasteiger partial charge in [0.1, 0.15) is 0 Å². The number of rotatable bonds is 1. The van der Waals surface area contributed by atoms with Gasteiger partial charge >= 0.3 is 0 Å². The zero-order valence-electron chi connectivity index (χ0n) is 9.15. The highest BCUT2D eigenvalue weighted by molar-refractivity contribution is 6.30. The van der Waals surface area contributed by atoms with Crippen molar-refractivity contribution in [1.82, 2.24) is 0 Å². The minimum Gasteiger partial charge on any atom is -0.657 e. The number of piperazine rings is 1. The summed E-state index contributed by atoms with van der Waals surface area (Å²) >= 11 is 6.00. The Bertz CT molecular complexity index is 340. The molecular formula is C12H16ClN2-. The first-order valence-electron chi connectivity index (χ1n) is 5.37. The maximum atomic E-state index is 6.00. The number of hydrogen-bond donors (Lipinski definition) is 0. The van der Waals surface area contributed by atoms with Crippen LogP contribution in [0, 0.1) is 0 Å². The van der Waals surface area contributed by atoms with Gasteiger partial charge in [-0.2, -0.15) is 0 Å². The summed E-state index contributed by atoms with van der Waals surface area (Å²) in [7, 11) is 0. The highest BCUT2D eigenvalue weighted by atomic mass is 35.5. The topological polar surface area (TPSA) is 17.3 Å². The van der Waals surface area contributed by atoms with Gasteiger partial charge in [0.15, 0.2) is 0 Å². The van der Waals surface area contributed by atoms with Gasteiger partial charge in [0, 0.05) is 16.8 Å². The van der Waals surface area contributed by atoms with Crippen molar-refractivity contribution < 1.29 is 0 Å². The average molecular weight is 224 g/mol. The monoisotopic (exact) mass is 223 g/mol. The molecule has 2 atom stereocenters. The molecule has 3 heteroatoms. The Morgan fingerprint density at radius 2 is 2.20 bits per heavy atom. The molecule has 1 saturated heterocycles. The van der Waals surface area contributed by atoms with Gasteiger partial charge in [0.05, 0.1) is 0 Å². The summed E-state index contributed by atoms with van der Waals surface area (Å²) in [6, 6.07) is 8.90. The summed E-state index contributed by atoms with van der Waals surface area (Å²) in [6.45, 7) is 6.29. The Morgan fingerprint density at radius 1 is 1.40 bits per heavy atom. The molecule has 0 spiro atoms. The van der Waals surface area contributed by atoms with Crippen LogP contribution in [0.4, 0.5) is 5.69 Å². The Balaban J connectivity index is 2.22. The Kier molecular flexibility index (Phi) is 3.17. The molecule has 2 nitrogen and oxygen atoms in total. The van der Waals surface area contributed by atoms with Gasteiger partial charge in [-0.05, 0) is 31.7 Å². The van der Waals surface area contributed by atoms with Crippen molar-refractivity contribution in [2.45, 2.75) is 25.9 Å². The van der Waals surface area contributed by atoms with E-state index in [1.54, 1.807) is 0 Å². The fourth-order valence-corrected chi connectivity index (χ4v) is 2.19. The molecule has 1 aliphatic rings. The molecule has 1 aromatic carbocycles. The maximum Gasteiger partial charge on any atom is 0.0426 e. The van der Waals surface area contributed by atoms with Crippen molar-refractivity contribution >= 4 is 17.3 Å². The van der Waals surface area contributed by atoms with Gasteiger partial charge in [-0.15, -0.1) is 12.6 Å². The molecule has 0 radical (unpaired) electrons. The van der Waals surface area contributed by atoms with E-state index in [0.717, 1.165) is 18.1 Å². The number of halogens is 1. The Hall–Kier alpha value is -0.730. The van der Waals surface area contributed by atoms with E-state index in [2.05, 4.69) is 30.1 Å². The molecule has 2 rings (SSSR count). The first kappa shape index (κ1) is 10.8. The molecule has 0 N–H and O–H groups in total. The van der Waals surface area contributed by atoms with Crippen LogP contribution < -0.4 is 4.90 Å². The van der Waals surface area contributed by atoms with Crippen molar-refractivity contribution in [2.24, 2.45) is 0 Å². The average Bonchev–Trinajstić information content (AvgIpc) is 2.22. The van der Waals surface area contributed by atoms with Gasteiger partial charge in [0.25, 0.3) is 0 Å². The van der Waals surface area contributed by atoms with Gasteiger partial charge < -0.3 is 10.2 Å². The van der Waals surface area contributed by atoms with Crippen LogP contribution in [0.15, 0.2) is 24.3 Å². The highest BCUT2D eigenvalue weighted by Crippen LogP contribution is 2.26. The molecule has 0 bridgehead atoms. The second-order valence-electron chi connectivity index (χ2n) is 4.06. The lowest BCUT2D eigenvalue weighted by Gasteiger charge is -2.48. The molecule has 1 heterocycles. The van der Waals surface area contributed by atoms with Crippen molar-refractivity contribution in [3.05, 3.63) is 34.6 Å². The lowest BCUT2D eigenvalue weighted by Crippen LogP contribution is -2.46. The highest BCUT2D eigenvalue weighted by Gasteiger charge is 2.17. The quantitative estimate of drug-likeness (QED) is 0.714. The summed E-state index contributed by atoms with van der Waals surface area (Å²) in [5.41, 5.74) is 1.21. The molecule has 0 aliphatic carbocycles. The fraction of sp³-hybridized carbons (Fsp3) is 0.500. The van der Waals surface area contributed by atoms with Crippen molar-refractivity contribution in [3.8, 4) is 0 Å². The minimum atomic E-state index is 0.401. The molecule has 15 heavy (non-hydrogen) atoms. The van der Waals surface area contributed by atoms with Crippen LogP contribution >= 0.6 is 11.6 Å². The Morgan fingerprint density at radius 3 is 2.93 bits per heavy atom. The maximum absolute atomic E-state index is 6.00. The van der Waals surface area contributed by atoms with Crippen molar-refractivity contribution in [2.75, 3.05) is 18.0 Å². The van der Waals surface area contributed by atoms with E-state index >= 15 is 0 Å². The third-order valence-corrected chi connectivity index (χ3v) is 3.32. The molecule has 1 aromatic rings. The summed E-state index contributed by atoms with van der Waals surface area (Å²) in [6.07, 6.45) is 0. The van der Waals surface area contributed by atoms with E-state index in [1.807, 2.05) is 18.2 Å². The molecule has 0 aromatic heterocycles. The van der Waals surface area contributed by atoms with E-state index in [-0.39, 0.29) is 0 Å². The summed E-state index contributed by atoms with van der Waals surface area (Å²) in [5, 5.41) is 5.34. The van der Waals surface area contributed by atoms with Crippen LogP contribution in [-0.4, -0.2) is 25.2 Å². The van der Waals surface area contributed by atoms with Crippen LogP contribution in [-0.2, 0) is 0 Å². The van der Waals surface area contributed by atoms with Crippen LogP contribution in [0.3, 0.4) is 0 Å². The molecular weight excluding hydrogens is 208 g/mol. The van der Waals surface area contributed by atoms with Crippen molar-refractivity contribution in [1.29, 1.82) is 0 Å². The standard InChI is InChI=1S/C12H16ClN2/c1-9-10(2)15(7-6-14-9)12-5-3-4-11(13)8-12/h3-5,8-10H,6-7H2,1-2H3/q-1/t9-,10?/m0/s1. The van der Waals surface area contributed by atoms with Crippen LogP contribution in [0.25, 0.3) is 5.32 Å². The minimum absolute atomic E-state index is 0.401. The van der Waals surface area contributed by atoms with Gasteiger partial charge in [0.2, 0.25) is 0 Å². The summed E-state index contributed by atoms with van der Waals surface area (Å²) in [5.74, 6) is 0. The molecule has 82 valence electrons. The van der Waals surface area contributed by atoms with Crippen molar-refractivity contribution in [3.63, 3.8) is 0 Å². The SMILES string of the molecule is CC1[C@H](C)[N-]CCN1c1cccc(Cl)c1. The van der Waals surface area contributed by atoms with Crippen LogP contribution in [0.2, 0.25) is 5.02 Å². The first-order valence-corrected chi connectivity index (χ1v) is 5.75. The van der Waals surface area contributed by atoms with Gasteiger partial charge in [-0.25, -0.2) is 0 Å². The van der Waals surface area contributed by atoms with E-state index in [1.165, 1.54) is 5.69 Å². The summed E-state index contributed by atoms with van der Waals surface area (Å²) < 4.78 is 0. The fourth-order valence-electron chi connectivity index (χ4n) is 2.00. The second-order valence-corrected chi connectivity index (χ2v) is 4.50. The predicted octanol–water partition coefficient (Wildman–Crippen LogP) is 3.31. The molecule has 1 unspecified atom stereocenters. The first-order chi connectivity index (χ1) is 7.18. The number of anilines is 1. The third kappa shape index (κ3) is 2.27. The molecule has 0 saturated carbocycles. The lowest BCUT2D eigenvalue weighted by molar-refractivity contribution is 0.537. The predicted molar refractivity (Wildman–Crippen MR) is 65.9 cm³/mol. The number of nitrogens with zero attached hydrogens (tertiary/aromatic N) is 2. The normalized spacial score (nSPS) is 26.7. The van der Waals surface area contributed by atoms with E-state index in [0.29, 0.717) is 12.1 Å². The number of benzene rings is 1.